The van der Waals surface area contributed by atoms with E-state index in [-0.39, 0.29) is 5.56 Å². The van der Waals surface area contributed by atoms with Gasteiger partial charge in [-0.3, -0.25) is 4.90 Å². The second-order valence-electron chi connectivity index (χ2n) is 6.04. The van der Waals surface area contributed by atoms with Crippen LogP contribution in [-0.2, 0) is 6.54 Å². The Balaban J connectivity index is 2.10. The molecule has 1 aliphatic heterocycles. The Kier molecular flexibility index (Phi) is 4.85. The first-order chi connectivity index (χ1) is 9.92. The van der Waals surface area contributed by atoms with Crippen LogP contribution in [0.5, 0.6) is 5.75 Å². The lowest BCUT2D eigenvalue weighted by Crippen LogP contribution is -2.34. The number of likely N-dealkylation sites (N-methyl/N-ethyl adjacent to an activating group) is 1. The van der Waals surface area contributed by atoms with Gasteiger partial charge in [-0.2, -0.15) is 0 Å². The van der Waals surface area contributed by atoms with Crippen LogP contribution in [0.25, 0.3) is 0 Å². The molecular weight excluding hydrogens is 268 g/mol. The fourth-order valence-electron chi connectivity index (χ4n) is 3.13. The van der Waals surface area contributed by atoms with Crippen molar-refractivity contribution in [2.45, 2.75) is 19.5 Å². The van der Waals surface area contributed by atoms with Crippen molar-refractivity contribution in [3.8, 4) is 5.75 Å². The molecule has 1 aromatic carbocycles. The first kappa shape index (κ1) is 15.8. The summed E-state index contributed by atoms with van der Waals surface area (Å²) in [5.74, 6) is 0.0825. The van der Waals surface area contributed by atoms with Crippen LogP contribution in [0, 0.1) is 5.92 Å². The number of carbonyl (C=O) groups is 1. The second-order valence-corrected chi connectivity index (χ2v) is 6.04. The molecule has 1 N–H and O–H groups in total. The summed E-state index contributed by atoms with van der Waals surface area (Å²) in [5, 5.41) is 9.24. The van der Waals surface area contributed by atoms with Crippen molar-refractivity contribution in [1.82, 2.24) is 9.80 Å². The minimum absolute atomic E-state index is 0.228. The van der Waals surface area contributed by atoms with E-state index in [9.17, 15) is 9.90 Å². The molecule has 2 unspecified atom stereocenters. The molecule has 1 aliphatic rings. The van der Waals surface area contributed by atoms with E-state index in [1.54, 1.807) is 12.1 Å². The van der Waals surface area contributed by atoms with Crippen molar-refractivity contribution >= 4 is 5.97 Å². The van der Waals surface area contributed by atoms with Crippen LogP contribution < -0.4 is 4.74 Å². The minimum atomic E-state index is -0.949. The Morgan fingerprint density at radius 1 is 1.43 bits per heavy atom. The minimum Gasteiger partial charge on any atom is -0.496 e. The van der Waals surface area contributed by atoms with Gasteiger partial charge in [-0.05, 0) is 37.7 Å². The molecule has 5 nitrogen and oxygen atoms in total. The Bertz CT molecular complexity index is 516. The highest BCUT2D eigenvalue weighted by Gasteiger charge is 2.30. The highest BCUT2D eigenvalue weighted by Crippen LogP contribution is 2.24. The molecule has 1 saturated heterocycles. The van der Waals surface area contributed by atoms with Gasteiger partial charge < -0.3 is 14.7 Å². The highest BCUT2D eigenvalue weighted by atomic mass is 16.5. The number of methoxy groups -OCH3 is 1. The summed E-state index contributed by atoms with van der Waals surface area (Å²) < 4.78 is 5.10. The summed E-state index contributed by atoms with van der Waals surface area (Å²) in [6, 6.07) is 5.96. The Hall–Kier alpha value is -1.59. The molecule has 1 aromatic rings. The molecule has 21 heavy (non-hydrogen) atoms. The molecule has 0 aromatic heterocycles. The third kappa shape index (κ3) is 3.54. The van der Waals surface area contributed by atoms with Crippen molar-refractivity contribution < 1.29 is 14.6 Å². The quantitative estimate of drug-likeness (QED) is 0.896. The molecule has 0 amide bonds. The van der Waals surface area contributed by atoms with Gasteiger partial charge in [-0.25, -0.2) is 4.79 Å². The van der Waals surface area contributed by atoms with Crippen molar-refractivity contribution in [3.05, 3.63) is 29.3 Å². The lowest BCUT2D eigenvalue weighted by molar-refractivity contribution is 0.0693. The number of benzene rings is 1. The van der Waals surface area contributed by atoms with Gasteiger partial charge in [0.05, 0.1) is 7.11 Å². The van der Waals surface area contributed by atoms with Gasteiger partial charge >= 0.3 is 5.97 Å². The van der Waals surface area contributed by atoms with E-state index >= 15 is 0 Å². The van der Waals surface area contributed by atoms with Crippen LogP contribution in [0.1, 0.15) is 22.8 Å². The van der Waals surface area contributed by atoms with Gasteiger partial charge in [0, 0.05) is 25.7 Å². The third-order valence-corrected chi connectivity index (χ3v) is 4.21. The number of rotatable bonds is 5. The fraction of sp³-hybridized carbons (Fsp3) is 0.562. The summed E-state index contributed by atoms with van der Waals surface area (Å²) in [6.45, 7) is 5.10. The lowest BCUT2D eigenvalue weighted by atomic mass is 10.1. The average molecular weight is 292 g/mol. The molecular formula is C16H24N2O3. The van der Waals surface area contributed by atoms with Crippen molar-refractivity contribution in [1.29, 1.82) is 0 Å². The number of carboxylic acid groups (broad SMARTS) is 1. The summed E-state index contributed by atoms with van der Waals surface area (Å²) in [6.07, 6.45) is 0. The molecule has 116 valence electrons. The maximum atomic E-state index is 11.3. The number of hydrogen-bond acceptors (Lipinski definition) is 4. The molecule has 2 atom stereocenters. The topological polar surface area (TPSA) is 53.0 Å². The molecule has 0 saturated carbocycles. The number of carboxylic acids is 1. The molecule has 0 bridgehead atoms. The van der Waals surface area contributed by atoms with Crippen LogP contribution in [0.2, 0.25) is 0 Å². The van der Waals surface area contributed by atoms with Crippen molar-refractivity contribution in [2.24, 2.45) is 5.92 Å². The summed E-state index contributed by atoms with van der Waals surface area (Å²) in [7, 11) is 5.71. The SMILES string of the molecule is COc1ccc(CN2CC(C)C(N(C)C)C2)cc1C(=O)O. The second kappa shape index (κ2) is 6.45. The molecule has 0 spiro atoms. The van der Waals surface area contributed by atoms with Gasteiger partial charge in [0.1, 0.15) is 11.3 Å². The van der Waals surface area contributed by atoms with Gasteiger partial charge in [0.2, 0.25) is 0 Å². The predicted molar refractivity (Wildman–Crippen MR) is 81.9 cm³/mol. The van der Waals surface area contributed by atoms with Crippen LogP contribution in [-0.4, -0.2) is 61.2 Å². The van der Waals surface area contributed by atoms with Crippen LogP contribution in [0.15, 0.2) is 18.2 Å². The zero-order valence-electron chi connectivity index (χ0n) is 13.2. The van der Waals surface area contributed by atoms with E-state index < -0.39 is 5.97 Å². The smallest absolute Gasteiger partial charge is 0.339 e. The van der Waals surface area contributed by atoms with Crippen molar-refractivity contribution in [3.63, 3.8) is 0 Å². The van der Waals surface area contributed by atoms with Gasteiger partial charge in [0.25, 0.3) is 0 Å². The normalized spacial score (nSPS) is 22.7. The molecule has 1 heterocycles. The molecule has 0 radical (unpaired) electrons. The first-order valence-electron chi connectivity index (χ1n) is 7.21. The Morgan fingerprint density at radius 2 is 2.14 bits per heavy atom. The molecule has 1 fully saturated rings. The maximum Gasteiger partial charge on any atom is 0.339 e. The number of hydrogen-bond donors (Lipinski definition) is 1. The monoisotopic (exact) mass is 292 g/mol. The van der Waals surface area contributed by atoms with E-state index in [0.29, 0.717) is 17.7 Å². The first-order valence-corrected chi connectivity index (χ1v) is 7.21. The van der Waals surface area contributed by atoms with E-state index in [1.807, 2.05) is 6.07 Å². The largest absolute Gasteiger partial charge is 0.496 e. The van der Waals surface area contributed by atoms with Crippen LogP contribution in [0.3, 0.4) is 0 Å². The predicted octanol–water partition coefficient (Wildman–Crippen LogP) is 1.78. The number of aromatic carboxylic acids is 1. The average Bonchev–Trinajstić information content (AvgIpc) is 2.79. The van der Waals surface area contributed by atoms with Gasteiger partial charge in [-0.15, -0.1) is 0 Å². The fourth-order valence-corrected chi connectivity index (χ4v) is 3.13. The summed E-state index contributed by atoms with van der Waals surface area (Å²) >= 11 is 0. The number of nitrogens with zero attached hydrogens (tertiary/aromatic N) is 2. The van der Waals surface area contributed by atoms with E-state index in [0.717, 1.165) is 25.2 Å². The standard InChI is InChI=1S/C16H24N2O3/c1-11-8-18(10-14(11)17(2)3)9-12-5-6-15(21-4)13(7-12)16(19)20/h5-7,11,14H,8-10H2,1-4H3,(H,19,20). The van der Waals surface area contributed by atoms with E-state index in [1.165, 1.54) is 7.11 Å². The molecule has 5 heteroatoms. The van der Waals surface area contributed by atoms with E-state index in [2.05, 4.69) is 30.8 Å². The maximum absolute atomic E-state index is 11.3. The van der Waals surface area contributed by atoms with E-state index in [4.69, 9.17) is 4.74 Å². The number of ether oxygens (including phenoxy) is 1. The molecule has 0 aliphatic carbocycles. The van der Waals surface area contributed by atoms with Crippen molar-refractivity contribution in [2.75, 3.05) is 34.3 Å². The van der Waals surface area contributed by atoms with Gasteiger partial charge in [0.15, 0.2) is 0 Å². The summed E-state index contributed by atoms with van der Waals surface area (Å²) in [5.41, 5.74) is 1.24. The van der Waals surface area contributed by atoms with Gasteiger partial charge in [-0.1, -0.05) is 13.0 Å². The Morgan fingerprint density at radius 3 is 2.67 bits per heavy atom. The zero-order chi connectivity index (χ0) is 15.6. The zero-order valence-corrected chi connectivity index (χ0v) is 13.2. The lowest BCUT2D eigenvalue weighted by Gasteiger charge is -2.22. The van der Waals surface area contributed by atoms with Crippen LogP contribution >= 0.6 is 0 Å². The molecule has 2 rings (SSSR count). The highest BCUT2D eigenvalue weighted by molar-refractivity contribution is 5.91. The Labute approximate surface area is 126 Å². The van der Waals surface area contributed by atoms with Crippen LogP contribution in [0.4, 0.5) is 0 Å². The summed E-state index contributed by atoms with van der Waals surface area (Å²) in [4.78, 5) is 15.9. The third-order valence-electron chi connectivity index (χ3n) is 4.21. The number of likely N-dealkylation sites (tertiary alicyclic amines) is 1.